The number of rotatable bonds is 6. The maximum atomic E-state index is 12.0. The van der Waals surface area contributed by atoms with Crippen LogP contribution in [0.25, 0.3) is 0 Å². The Balaban J connectivity index is 1.84. The second-order valence-electron chi connectivity index (χ2n) is 5.24. The lowest BCUT2D eigenvalue weighted by molar-refractivity contribution is 0.0965. The molecule has 0 spiro atoms. The van der Waals surface area contributed by atoms with Crippen molar-refractivity contribution in [2.45, 2.75) is 6.42 Å². The van der Waals surface area contributed by atoms with Crippen molar-refractivity contribution in [3.05, 3.63) is 53.6 Å². The van der Waals surface area contributed by atoms with Crippen LogP contribution in [0.2, 0.25) is 0 Å². The first-order valence-corrected chi connectivity index (χ1v) is 7.69. The number of amides is 3. The Bertz CT molecular complexity index is 762. The van der Waals surface area contributed by atoms with E-state index in [0.29, 0.717) is 30.2 Å². The average Bonchev–Trinajstić information content (AvgIpc) is 2.61. The normalized spacial score (nSPS) is 10.0. The maximum Gasteiger partial charge on any atom is 0.321 e. The van der Waals surface area contributed by atoms with E-state index in [4.69, 9.17) is 15.2 Å². The third kappa shape index (κ3) is 4.87. The molecule has 0 atom stereocenters. The summed E-state index contributed by atoms with van der Waals surface area (Å²) < 4.78 is 10.4. The summed E-state index contributed by atoms with van der Waals surface area (Å²) in [6, 6.07) is 11.5. The van der Waals surface area contributed by atoms with Crippen molar-refractivity contribution in [2.24, 2.45) is 0 Å². The third-order valence-corrected chi connectivity index (χ3v) is 3.58. The van der Waals surface area contributed by atoms with Crippen LogP contribution in [0.1, 0.15) is 15.9 Å². The number of imide groups is 1. The SMILES string of the molecule is COc1ccc(CCNC(=O)NC(=O)c2ccccc2N)cc1OC. The quantitative estimate of drug-likeness (QED) is 0.696. The molecular formula is C18H21N3O4. The van der Waals surface area contributed by atoms with E-state index in [0.717, 1.165) is 5.56 Å². The highest BCUT2D eigenvalue weighted by molar-refractivity contribution is 6.07. The number of hydrogen-bond donors (Lipinski definition) is 3. The Morgan fingerprint density at radius 2 is 1.76 bits per heavy atom. The molecule has 0 aromatic heterocycles. The molecule has 0 saturated heterocycles. The van der Waals surface area contributed by atoms with Crippen LogP contribution in [-0.4, -0.2) is 32.7 Å². The summed E-state index contributed by atoms with van der Waals surface area (Å²) in [4.78, 5) is 23.8. The number of methoxy groups -OCH3 is 2. The van der Waals surface area contributed by atoms with Gasteiger partial charge < -0.3 is 20.5 Å². The van der Waals surface area contributed by atoms with E-state index >= 15 is 0 Å². The van der Waals surface area contributed by atoms with E-state index in [1.54, 1.807) is 44.6 Å². The van der Waals surface area contributed by atoms with Gasteiger partial charge in [-0.15, -0.1) is 0 Å². The number of urea groups is 1. The molecule has 0 unspecified atom stereocenters. The Kier molecular flexibility index (Phi) is 6.22. The molecule has 3 amide bonds. The molecule has 4 N–H and O–H groups in total. The molecule has 7 nitrogen and oxygen atoms in total. The first kappa shape index (κ1) is 18.1. The van der Waals surface area contributed by atoms with Crippen molar-refractivity contribution in [1.29, 1.82) is 0 Å². The number of nitrogens with one attached hydrogen (secondary N) is 2. The zero-order chi connectivity index (χ0) is 18.2. The molecule has 0 heterocycles. The molecule has 25 heavy (non-hydrogen) atoms. The third-order valence-electron chi connectivity index (χ3n) is 3.58. The van der Waals surface area contributed by atoms with Crippen LogP contribution >= 0.6 is 0 Å². The lowest BCUT2D eigenvalue weighted by Crippen LogP contribution is -2.40. The van der Waals surface area contributed by atoms with Gasteiger partial charge in [0.25, 0.3) is 5.91 Å². The molecule has 0 fully saturated rings. The van der Waals surface area contributed by atoms with Gasteiger partial charge in [0.1, 0.15) is 0 Å². The number of nitrogens with two attached hydrogens (primary N) is 1. The van der Waals surface area contributed by atoms with Crippen molar-refractivity contribution in [3.8, 4) is 11.5 Å². The molecule has 0 aliphatic rings. The summed E-state index contributed by atoms with van der Waals surface area (Å²) in [7, 11) is 3.13. The fourth-order valence-electron chi connectivity index (χ4n) is 2.27. The molecule has 0 bridgehead atoms. The predicted octanol–water partition coefficient (Wildman–Crippen LogP) is 1.97. The lowest BCUT2D eigenvalue weighted by Gasteiger charge is -2.10. The highest BCUT2D eigenvalue weighted by Crippen LogP contribution is 2.27. The second-order valence-corrected chi connectivity index (χ2v) is 5.24. The molecule has 132 valence electrons. The van der Waals surface area contributed by atoms with Gasteiger partial charge in [0, 0.05) is 12.2 Å². The van der Waals surface area contributed by atoms with E-state index in [1.807, 2.05) is 12.1 Å². The van der Waals surface area contributed by atoms with Crippen LogP contribution in [0, 0.1) is 0 Å². The summed E-state index contributed by atoms with van der Waals surface area (Å²) >= 11 is 0. The number of carbonyl (C=O) groups excluding carboxylic acids is 2. The van der Waals surface area contributed by atoms with Crippen molar-refractivity contribution >= 4 is 17.6 Å². The molecule has 7 heteroatoms. The molecule has 2 aromatic rings. The molecular weight excluding hydrogens is 322 g/mol. The number of nitrogen functional groups attached to an aromatic ring is 1. The molecule has 2 rings (SSSR count). The van der Waals surface area contributed by atoms with Crippen LogP contribution in [0.4, 0.5) is 10.5 Å². The Morgan fingerprint density at radius 3 is 2.44 bits per heavy atom. The van der Waals surface area contributed by atoms with E-state index in [-0.39, 0.29) is 5.56 Å². The minimum Gasteiger partial charge on any atom is -0.493 e. The summed E-state index contributed by atoms with van der Waals surface area (Å²) in [5.41, 5.74) is 7.26. The standard InChI is InChI=1S/C18H21N3O4/c1-24-15-8-7-12(11-16(15)25-2)9-10-20-18(23)21-17(22)13-5-3-4-6-14(13)19/h3-8,11H,9-10,19H2,1-2H3,(H2,20,21,22,23). The topological polar surface area (TPSA) is 103 Å². The fraction of sp³-hybridized carbons (Fsp3) is 0.222. The van der Waals surface area contributed by atoms with Crippen molar-refractivity contribution in [1.82, 2.24) is 10.6 Å². The van der Waals surface area contributed by atoms with Crippen LogP contribution in [-0.2, 0) is 6.42 Å². The molecule has 0 radical (unpaired) electrons. The minimum absolute atomic E-state index is 0.262. The number of carbonyl (C=O) groups is 2. The molecule has 0 saturated carbocycles. The van der Waals surface area contributed by atoms with Gasteiger partial charge in [0.2, 0.25) is 0 Å². The lowest BCUT2D eigenvalue weighted by atomic mass is 10.1. The van der Waals surface area contributed by atoms with Gasteiger partial charge >= 0.3 is 6.03 Å². The average molecular weight is 343 g/mol. The van der Waals surface area contributed by atoms with Gasteiger partial charge in [-0.3, -0.25) is 10.1 Å². The molecule has 2 aromatic carbocycles. The van der Waals surface area contributed by atoms with E-state index in [2.05, 4.69) is 10.6 Å². The Labute approximate surface area is 146 Å². The van der Waals surface area contributed by atoms with Crippen molar-refractivity contribution < 1.29 is 19.1 Å². The predicted molar refractivity (Wildman–Crippen MR) is 95.0 cm³/mol. The summed E-state index contributed by atoms with van der Waals surface area (Å²) in [5.74, 6) is 0.726. The first-order valence-electron chi connectivity index (χ1n) is 7.69. The van der Waals surface area contributed by atoms with Crippen molar-refractivity contribution in [2.75, 3.05) is 26.5 Å². The minimum atomic E-state index is -0.575. The van der Waals surface area contributed by atoms with E-state index < -0.39 is 11.9 Å². The zero-order valence-electron chi connectivity index (χ0n) is 14.2. The molecule has 0 aliphatic carbocycles. The van der Waals surface area contributed by atoms with Gasteiger partial charge in [0.15, 0.2) is 11.5 Å². The van der Waals surface area contributed by atoms with Crippen LogP contribution in [0.3, 0.4) is 0 Å². The van der Waals surface area contributed by atoms with E-state index in [1.165, 1.54) is 0 Å². The van der Waals surface area contributed by atoms with Gasteiger partial charge in [-0.25, -0.2) is 4.79 Å². The fourth-order valence-corrected chi connectivity index (χ4v) is 2.27. The van der Waals surface area contributed by atoms with Crippen molar-refractivity contribution in [3.63, 3.8) is 0 Å². The highest BCUT2D eigenvalue weighted by atomic mass is 16.5. The molecule has 0 aliphatic heterocycles. The maximum absolute atomic E-state index is 12.0. The number of para-hydroxylation sites is 1. The summed E-state index contributed by atoms with van der Waals surface area (Å²) in [6.07, 6.45) is 0.579. The highest BCUT2D eigenvalue weighted by Gasteiger charge is 2.12. The summed E-state index contributed by atoms with van der Waals surface area (Å²) in [6.45, 7) is 0.360. The van der Waals surface area contributed by atoms with Gasteiger partial charge in [-0.1, -0.05) is 18.2 Å². The van der Waals surface area contributed by atoms with Gasteiger partial charge in [0.05, 0.1) is 19.8 Å². The Hall–Kier alpha value is -3.22. The monoisotopic (exact) mass is 343 g/mol. The first-order chi connectivity index (χ1) is 12.0. The van der Waals surface area contributed by atoms with Gasteiger partial charge in [-0.05, 0) is 36.2 Å². The van der Waals surface area contributed by atoms with Gasteiger partial charge in [-0.2, -0.15) is 0 Å². The number of benzene rings is 2. The van der Waals surface area contributed by atoms with E-state index in [9.17, 15) is 9.59 Å². The number of anilines is 1. The smallest absolute Gasteiger partial charge is 0.321 e. The zero-order valence-corrected chi connectivity index (χ0v) is 14.2. The largest absolute Gasteiger partial charge is 0.493 e. The van der Waals surface area contributed by atoms with Crippen LogP contribution < -0.4 is 25.8 Å². The summed E-state index contributed by atoms with van der Waals surface area (Å²) in [5, 5.41) is 4.88. The van der Waals surface area contributed by atoms with Crippen LogP contribution in [0.15, 0.2) is 42.5 Å². The number of hydrogen-bond acceptors (Lipinski definition) is 5. The number of ether oxygens (including phenoxy) is 2. The Morgan fingerprint density at radius 1 is 1.04 bits per heavy atom. The van der Waals surface area contributed by atoms with Crippen LogP contribution in [0.5, 0.6) is 11.5 Å². The second kappa shape index (κ2) is 8.58.